The van der Waals surface area contributed by atoms with E-state index in [1.54, 1.807) is 0 Å². The molecule has 0 saturated heterocycles. The first-order chi connectivity index (χ1) is 12.7. The highest BCUT2D eigenvalue weighted by molar-refractivity contribution is 7.22. The fourth-order valence-electron chi connectivity index (χ4n) is 2.97. The Labute approximate surface area is 154 Å². The number of benzene rings is 2. The number of thiophene rings is 1. The minimum absolute atomic E-state index is 0.401. The SMILES string of the molecule is CCN(C(=O)O)c1cc2c(-c3ccccc3)nn(-c3ccccc3)c2s1. The van der Waals surface area contributed by atoms with E-state index in [-0.39, 0.29) is 0 Å². The third-order valence-corrected chi connectivity index (χ3v) is 5.34. The molecule has 0 fully saturated rings. The van der Waals surface area contributed by atoms with E-state index < -0.39 is 6.09 Å². The van der Waals surface area contributed by atoms with E-state index in [2.05, 4.69) is 0 Å². The molecule has 0 spiro atoms. The fourth-order valence-corrected chi connectivity index (χ4v) is 4.16. The monoisotopic (exact) mass is 363 g/mol. The van der Waals surface area contributed by atoms with Gasteiger partial charge in [-0.15, -0.1) is 0 Å². The van der Waals surface area contributed by atoms with Gasteiger partial charge in [0.15, 0.2) is 0 Å². The molecule has 5 nitrogen and oxygen atoms in total. The van der Waals surface area contributed by atoms with E-state index in [9.17, 15) is 9.90 Å². The van der Waals surface area contributed by atoms with Crippen LogP contribution in [0, 0.1) is 0 Å². The van der Waals surface area contributed by atoms with E-state index in [0.717, 1.165) is 27.2 Å². The van der Waals surface area contributed by atoms with Gasteiger partial charge in [-0.05, 0) is 25.1 Å². The van der Waals surface area contributed by atoms with Crippen LogP contribution in [0.25, 0.3) is 27.2 Å². The lowest BCUT2D eigenvalue weighted by molar-refractivity contribution is 0.202. The number of hydrogen-bond donors (Lipinski definition) is 1. The summed E-state index contributed by atoms with van der Waals surface area (Å²) < 4.78 is 1.89. The number of aromatic nitrogens is 2. The first kappa shape index (κ1) is 16.4. The summed E-state index contributed by atoms with van der Waals surface area (Å²) in [5, 5.41) is 16.0. The molecule has 2 aromatic carbocycles. The van der Waals surface area contributed by atoms with Crippen molar-refractivity contribution >= 4 is 32.6 Å². The maximum atomic E-state index is 11.5. The number of carboxylic acid groups (broad SMARTS) is 1. The normalized spacial score (nSPS) is 11.0. The molecule has 1 N–H and O–H groups in total. The first-order valence-corrected chi connectivity index (χ1v) is 9.14. The molecule has 1 amide bonds. The molecule has 0 saturated carbocycles. The van der Waals surface area contributed by atoms with Crippen LogP contribution in [0.4, 0.5) is 9.80 Å². The molecule has 0 atom stereocenters. The van der Waals surface area contributed by atoms with Crippen LogP contribution in [-0.4, -0.2) is 27.5 Å². The molecule has 130 valence electrons. The summed E-state index contributed by atoms with van der Waals surface area (Å²) in [6, 6.07) is 21.8. The zero-order valence-electron chi connectivity index (χ0n) is 14.2. The average molecular weight is 363 g/mol. The van der Waals surface area contributed by atoms with Crippen LogP contribution in [0.3, 0.4) is 0 Å². The molecule has 0 aliphatic carbocycles. The molecular weight excluding hydrogens is 346 g/mol. The molecule has 0 aliphatic rings. The Kier molecular flexibility index (Phi) is 4.18. The van der Waals surface area contributed by atoms with Gasteiger partial charge in [-0.3, -0.25) is 4.90 Å². The quantitative estimate of drug-likeness (QED) is 0.538. The van der Waals surface area contributed by atoms with E-state index >= 15 is 0 Å². The van der Waals surface area contributed by atoms with Gasteiger partial charge in [-0.25, -0.2) is 9.48 Å². The van der Waals surface area contributed by atoms with Crippen molar-refractivity contribution in [3.05, 3.63) is 66.7 Å². The highest BCUT2D eigenvalue weighted by Crippen LogP contribution is 2.39. The average Bonchev–Trinajstić information content (AvgIpc) is 3.23. The van der Waals surface area contributed by atoms with Gasteiger partial charge in [0, 0.05) is 17.5 Å². The molecule has 0 unspecified atom stereocenters. The number of para-hydroxylation sites is 1. The summed E-state index contributed by atoms with van der Waals surface area (Å²) in [6.45, 7) is 2.23. The minimum atomic E-state index is -0.947. The molecule has 0 aliphatic heterocycles. The van der Waals surface area contributed by atoms with Crippen LogP contribution >= 0.6 is 11.3 Å². The Hall–Kier alpha value is -3.12. The molecule has 2 aromatic heterocycles. The molecule has 26 heavy (non-hydrogen) atoms. The van der Waals surface area contributed by atoms with Crippen LogP contribution in [-0.2, 0) is 0 Å². The van der Waals surface area contributed by atoms with Gasteiger partial charge in [-0.2, -0.15) is 5.10 Å². The van der Waals surface area contributed by atoms with Crippen LogP contribution in [0.15, 0.2) is 66.7 Å². The van der Waals surface area contributed by atoms with Gasteiger partial charge in [0.05, 0.1) is 5.69 Å². The van der Waals surface area contributed by atoms with Crippen molar-refractivity contribution in [2.75, 3.05) is 11.4 Å². The molecule has 2 heterocycles. The van der Waals surface area contributed by atoms with Crippen molar-refractivity contribution < 1.29 is 9.90 Å². The molecule has 6 heteroatoms. The van der Waals surface area contributed by atoms with Crippen molar-refractivity contribution in [2.45, 2.75) is 6.92 Å². The van der Waals surface area contributed by atoms with Gasteiger partial charge in [0.1, 0.15) is 15.5 Å². The zero-order chi connectivity index (χ0) is 18.1. The number of fused-ring (bicyclic) bond motifs is 1. The second kappa shape index (κ2) is 6.65. The third-order valence-electron chi connectivity index (χ3n) is 4.21. The summed E-state index contributed by atoms with van der Waals surface area (Å²) in [5.74, 6) is 0. The Bertz CT molecular complexity index is 983. The Balaban J connectivity index is 1.97. The van der Waals surface area contributed by atoms with Crippen molar-refractivity contribution in [1.29, 1.82) is 0 Å². The maximum Gasteiger partial charge on any atom is 0.412 e. The van der Waals surface area contributed by atoms with Crippen molar-refractivity contribution in [2.24, 2.45) is 0 Å². The molecule has 4 aromatic rings. The maximum absolute atomic E-state index is 11.5. The van der Waals surface area contributed by atoms with Crippen molar-refractivity contribution in [3.63, 3.8) is 0 Å². The second-order valence-corrected chi connectivity index (χ2v) is 6.80. The van der Waals surface area contributed by atoms with Crippen molar-refractivity contribution in [1.82, 2.24) is 9.78 Å². The predicted octanol–water partition coefficient (Wildman–Crippen LogP) is 5.26. The highest BCUT2D eigenvalue weighted by Gasteiger charge is 2.21. The number of hydrogen-bond acceptors (Lipinski definition) is 3. The largest absolute Gasteiger partial charge is 0.465 e. The fraction of sp³-hybridized carbons (Fsp3) is 0.100. The minimum Gasteiger partial charge on any atom is -0.465 e. The van der Waals surface area contributed by atoms with E-state index in [1.807, 2.05) is 78.3 Å². The van der Waals surface area contributed by atoms with Crippen LogP contribution in [0.1, 0.15) is 6.92 Å². The molecule has 0 bridgehead atoms. The van der Waals surface area contributed by atoms with Gasteiger partial charge < -0.3 is 5.11 Å². The van der Waals surface area contributed by atoms with Gasteiger partial charge in [-0.1, -0.05) is 59.9 Å². The standard InChI is InChI=1S/C20H17N3O2S/c1-2-22(20(24)25)17-13-16-18(14-9-5-3-6-10-14)21-23(19(16)26-17)15-11-7-4-8-12-15/h3-13H,2H2,1H3,(H,24,25). The number of amides is 1. The molecule has 4 rings (SSSR count). The number of rotatable bonds is 4. The van der Waals surface area contributed by atoms with Crippen LogP contribution < -0.4 is 4.90 Å². The predicted molar refractivity (Wildman–Crippen MR) is 105 cm³/mol. The summed E-state index contributed by atoms with van der Waals surface area (Å²) in [6.07, 6.45) is -0.947. The summed E-state index contributed by atoms with van der Waals surface area (Å²) in [4.78, 5) is 13.8. The lowest BCUT2D eigenvalue weighted by atomic mass is 10.1. The van der Waals surface area contributed by atoms with Gasteiger partial charge in [0.25, 0.3) is 0 Å². The van der Waals surface area contributed by atoms with E-state index in [0.29, 0.717) is 11.5 Å². The smallest absolute Gasteiger partial charge is 0.412 e. The number of carbonyl (C=O) groups is 1. The Morgan fingerprint density at radius 1 is 1.12 bits per heavy atom. The molecule has 0 radical (unpaired) electrons. The Morgan fingerprint density at radius 2 is 1.77 bits per heavy atom. The van der Waals surface area contributed by atoms with Gasteiger partial charge >= 0.3 is 6.09 Å². The van der Waals surface area contributed by atoms with E-state index in [1.165, 1.54) is 16.2 Å². The number of anilines is 1. The zero-order valence-corrected chi connectivity index (χ0v) is 15.0. The highest BCUT2D eigenvalue weighted by atomic mass is 32.1. The van der Waals surface area contributed by atoms with Crippen LogP contribution in [0.5, 0.6) is 0 Å². The van der Waals surface area contributed by atoms with Gasteiger partial charge in [0.2, 0.25) is 0 Å². The third kappa shape index (κ3) is 2.74. The lowest BCUT2D eigenvalue weighted by Gasteiger charge is -2.13. The number of nitrogens with zero attached hydrogens (tertiary/aromatic N) is 3. The summed E-state index contributed by atoms with van der Waals surface area (Å²) >= 11 is 1.44. The summed E-state index contributed by atoms with van der Waals surface area (Å²) in [7, 11) is 0. The first-order valence-electron chi connectivity index (χ1n) is 8.33. The van der Waals surface area contributed by atoms with E-state index in [4.69, 9.17) is 5.10 Å². The Morgan fingerprint density at radius 3 is 2.38 bits per heavy atom. The topological polar surface area (TPSA) is 58.4 Å². The second-order valence-electron chi connectivity index (χ2n) is 5.79. The van der Waals surface area contributed by atoms with Crippen LogP contribution in [0.2, 0.25) is 0 Å². The summed E-state index contributed by atoms with van der Waals surface area (Å²) in [5.41, 5.74) is 2.81. The molecular formula is C20H17N3O2S. The van der Waals surface area contributed by atoms with Crippen molar-refractivity contribution in [3.8, 4) is 16.9 Å². The lowest BCUT2D eigenvalue weighted by Crippen LogP contribution is -2.27.